The van der Waals surface area contributed by atoms with Crippen molar-refractivity contribution in [2.75, 3.05) is 0 Å². The van der Waals surface area contributed by atoms with Gasteiger partial charge in [0.25, 0.3) is 0 Å². The largest absolute Gasteiger partial charge is 0.275 e. The SMILES string of the molecule is CCc1ccc(S(=O)(=O)NCc2ccc(-c3cnn(C)c3)nc2)s1. The molecule has 0 amide bonds. The fraction of sp³-hybridized carbons (Fsp3) is 0.250. The summed E-state index contributed by atoms with van der Waals surface area (Å²) in [5, 5.41) is 4.11. The maximum Gasteiger partial charge on any atom is 0.250 e. The zero-order chi connectivity index (χ0) is 17.2. The highest BCUT2D eigenvalue weighted by Gasteiger charge is 2.16. The summed E-state index contributed by atoms with van der Waals surface area (Å²) in [6.07, 6.45) is 6.14. The van der Waals surface area contributed by atoms with E-state index in [1.807, 2.05) is 38.4 Å². The molecule has 3 aromatic heterocycles. The monoisotopic (exact) mass is 362 g/mol. The summed E-state index contributed by atoms with van der Waals surface area (Å²) in [6, 6.07) is 7.23. The van der Waals surface area contributed by atoms with E-state index >= 15 is 0 Å². The summed E-state index contributed by atoms with van der Waals surface area (Å²) in [4.78, 5) is 5.42. The van der Waals surface area contributed by atoms with Crippen LogP contribution >= 0.6 is 11.3 Å². The number of rotatable bonds is 6. The van der Waals surface area contributed by atoms with Crippen LogP contribution in [0.4, 0.5) is 0 Å². The second kappa shape index (κ2) is 6.84. The fourth-order valence-electron chi connectivity index (χ4n) is 2.20. The standard InChI is InChI=1S/C16H18N4O2S2/c1-3-14-5-7-16(23-14)24(21,22)19-9-12-4-6-15(17-8-12)13-10-18-20(2)11-13/h4-8,10-11,19H,3,9H2,1-2H3. The molecule has 6 nitrogen and oxygen atoms in total. The van der Waals surface area contributed by atoms with E-state index in [1.54, 1.807) is 23.1 Å². The molecular formula is C16H18N4O2S2. The smallest absolute Gasteiger partial charge is 0.250 e. The van der Waals surface area contributed by atoms with Gasteiger partial charge in [-0.2, -0.15) is 5.10 Å². The van der Waals surface area contributed by atoms with Crippen LogP contribution < -0.4 is 4.72 Å². The fourth-order valence-corrected chi connectivity index (χ4v) is 4.55. The first-order chi connectivity index (χ1) is 11.5. The van der Waals surface area contributed by atoms with Gasteiger partial charge in [-0.05, 0) is 30.2 Å². The molecule has 0 aliphatic carbocycles. The number of thiophene rings is 1. The molecule has 0 saturated carbocycles. The van der Waals surface area contributed by atoms with Crippen LogP contribution in [0.2, 0.25) is 0 Å². The number of nitrogens with one attached hydrogen (secondary N) is 1. The molecule has 8 heteroatoms. The van der Waals surface area contributed by atoms with Crippen LogP contribution in [0, 0.1) is 0 Å². The Morgan fingerprint density at radius 3 is 2.62 bits per heavy atom. The molecule has 0 bridgehead atoms. The Balaban J connectivity index is 1.68. The zero-order valence-electron chi connectivity index (χ0n) is 13.4. The van der Waals surface area contributed by atoms with Gasteiger partial charge in [-0.1, -0.05) is 13.0 Å². The van der Waals surface area contributed by atoms with Crippen LogP contribution in [0.1, 0.15) is 17.4 Å². The van der Waals surface area contributed by atoms with E-state index in [9.17, 15) is 8.42 Å². The first kappa shape index (κ1) is 16.8. The van der Waals surface area contributed by atoms with Crippen molar-refractivity contribution in [3.63, 3.8) is 0 Å². The van der Waals surface area contributed by atoms with Crippen molar-refractivity contribution in [3.8, 4) is 11.3 Å². The molecule has 24 heavy (non-hydrogen) atoms. The summed E-state index contributed by atoms with van der Waals surface area (Å²) < 4.78 is 29.3. The molecule has 0 unspecified atom stereocenters. The van der Waals surface area contributed by atoms with Crippen molar-refractivity contribution >= 4 is 21.4 Å². The Labute approximate surface area is 145 Å². The Kier molecular flexibility index (Phi) is 4.79. The van der Waals surface area contributed by atoms with Crippen molar-refractivity contribution in [3.05, 3.63) is 53.3 Å². The van der Waals surface area contributed by atoms with E-state index in [0.717, 1.165) is 28.1 Å². The van der Waals surface area contributed by atoms with Crippen molar-refractivity contribution in [1.82, 2.24) is 19.5 Å². The Hall–Kier alpha value is -2.03. The van der Waals surface area contributed by atoms with Crippen LogP contribution in [0.3, 0.4) is 0 Å². The molecule has 0 aliphatic rings. The van der Waals surface area contributed by atoms with E-state index in [1.165, 1.54) is 11.3 Å². The van der Waals surface area contributed by atoms with Gasteiger partial charge in [-0.3, -0.25) is 9.67 Å². The maximum atomic E-state index is 12.3. The van der Waals surface area contributed by atoms with Crippen LogP contribution in [0.25, 0.3) is 11.3 Å². The summed E-state index contributed by atoms with van der Waals surface area (Å²) in [6.45, 7) is 2.22. The predicted molar refractivity (Wildman–Crippen MR) is 94.2 cm³/mol. The molecule has 3 rings (SSSR count). The Morgan fingerprint density at radius 2 is 2.04 bits per heavy atom. The third kappa shape index (κ3) is 3.72. The van der Waals surface area contributed by atoms with Crippen LogP contribution in [0.15, 0.2) is 47.1 Å². The molecule has 1 N–H and O–H groups in total. The Bertz CT molecular complexity index is 927. The molecule has 3 aromatic rings. The maximum absolute atomic E-state index is 12.3. The van der Waals surface area contributed by atoms with Crippen molar-refractivity contribution in [2.45, 2.75) is 24.1 Å². The number of hydrogen-bond acceptors (Lipinski definition) is 5. The van der Waals surface area contributed by atoms with E-state index < -0.39 is 10.0 Å². The summed E-state index contributed by atoms with van der Waals surface area (Å²) in [5.74, 6) is 0. The van der Waals surface area contributed by atoms with Gasteiger partial charge < -0.3 is 0 Å². The molecule has 0 aromatic carbocycles. The zero-order valence-corrected chi connectivity index (χ0v) is 15.1. The van der Waals surface area contributed by atoms with Gasteiger partial charge >= 0.3 is 0 Å². The highest BCUT2D eigenvalue weighted by atomic mass is 32.2. The minimum Gasteiger partial charge on any atom is -0.275 e. The van der Waals surface area contributed by atoms with Gasteiger partial charge in [0.15, 0.2) is 0 Å². The number of aryl methyl sites for hydroxylation is 2. The lowest BCUT2D eigenvalue weighted by atomic mass is 10.2. The van der Waals surface area contributed by atoms with E-state index in [4.69, 9.17) is 0 Å². The Morgan fingerprint density at radius 1 is 1.21 bits per heavy atom. The highest BCUT2D eigenvalue weighted by Crippen LogP contribution is 2.22. The lowest BCUT2D eigenvalue weighted by Gasteiger charge is -2.05. The van der Waals surface area contributed by atoms with Crippen LogP contribution in [-0.2, 0) is 30.0 Å². The van der Waals surface area contributed by atoms with Gasteiger partial charge in [0, 0.05) is 36.4 Å². The average molecular weight is 362 g/mol. The number of pyridine rings is 1. The van der Waals surface area contributed by atoms with Gasteiger partial charge in [-0.15, -0.1) is 11.3 Å². The lowest BCUT2D eigenvalue weighted by Crippen LogP contribution is -2.22. The minimum atomic E-state index is -3.48. The average Bonchev–Trinajstić information content (AvgIpc) is 3.23. The quantitative estimate of drug-likeness (QED) is 0.731. The second-order valence-electron chi connectivity index (χ2n) is 5.35. The molecule has 0 spiro atoms. The number of nitrogens with zero attached hydrogens (tertiary/aromatic N) is 3. The molecule has 0 atom stereocenters. The number of sulfonamides is 1. The van der Waals surface area contributed by atoms with Gasteiger partial charge in [0.05, 0.1) is 11.9 Å². The molecule has 126 valence electrons. The number of aromatic nitrogens is 3. The highest BCUT2D eigenvalue weighted by molar-refractivity contribution is 7.91. The van der Waals surface area contributed by atoms with Crippen molar-refractivity contribution in [2.24, 2.45) is 7.05 Å². The summed E-state index contributed by atoms with van der Waals surface area (Å²) in [5.41, 5.74) is 2.54. The summed E-state index contributed by atoms with van der Waals surface area (Å²) >= 11 is 1.30. The normalized spacial score (nSPS) is 11.8. The van der Waals surface area contributed by atoms with Crippen molar-refractivity contribution < 1.29 is 8.42 Å². The molecule has 0 aliphatic heterocycles. The van der Waals surface area contributed by atoms with Crippen molar-refractivity contribution in [1.29, 1.82) is 0 Å². The molecule has 0 saturated heterocycles. The van der Waals surface area contributed by atoms with Crippen LogP contribution in [-0.4, -0.2) is 23.2 Å². The summed E-state index contributed by atoms with van der Waals surface area (Å²) in [7, 11) is -1.63. The van der Waals surface area contributed by atoms with Gasteiger partial charge in [0.1, 0.15) is 4.21 Å². The number of hydrogen-bond donors (Lipinski definition) is 1. The topological polar surface area (TPSA) is 76.9 Å². The van der Waals surface area contributed by atoms with E-state index in [0.29, 0.717) is 4.21 Å². The van der Waals surface area contributed by atoms with Gasteiger partial charge in [0.2, 0.25) is 10.0 Å². The predicted octanol–water partition coefficient (Wildman–Crippen LogP) is 2.58. The third-order valence-corrected chi connectivity index (χ3v) is 6.66. The first-order valence-corrected chi connectivity index (χ1v) is 9.80. The molecule has 0 radical (unpaired) electrons. The molecule has 3 heterocycles. The van der Waals surface area contributed by atoms with E-state index in [2.05, 4.69) is 14.8 Å². The first-order valence-electron chi connectivity index (χ1n) is 7.50. The molecular weight excluding hydrogens is 344 g/mol. The van der Waals surface area contributed by atoms with Crippen LogP contribution in [0.5, 0.6) is 0 Å². The molecule has 0 fully saturated rings. The third-order valence-electron chi connectivity index (χ3n) is 3.54. The lowest BCUT2D eigenvalue weighted by molar-refractivity contribution is 0.583. The van der Waals surface area contributed by atoms with E-state index in [-0.39, 0.29) is 6.54 Å². The second-order valence-corrected chi connectivity index (χ2v) is 8.52. The van der Waals surface area contributed by atoms with Gasteiger partial charge in [-0.25, -0.2) is 13.1 Å². The minimum absolute atomic E-state index is 0.210.